The van der Waals surface area contributed by atoms with Crippen LogP contribution in [0.5, 0.6) is 0 Å². The molecule has 4 saturated carbocycles. The maximum atomic E-state index is 14.1. The minimum absolute atomic E-state index is 0.000740. The van der Waals surface area contributed by atoms with Gasteiger partial charge in [-0.3, -0.25) is 9.59 Å². The first-order chi connectivity index (χ1) is 16.0. The summed E-state index contributed by atoms with van der Waals surface area (Å²) < 4.78 is 6.27. The Kier molecular flexibility index (Phi) is 6.10. The molecular weight excluding hydrogens is 424 g/mol. The fraction of sp³-hybridized carbons (Fsp3) is 0.867. The van der Waals surface area contributed by atoms with Crippen molar-refractivity contribution in [1.29, 1.82) is 0 Å². The first-order valence-corrected chi connectivity index (χ1v) is 14.1. The molecular formula is C30H46O4. The van der Waals surface area contributed by atoms with Gasteiger partial charge in [0, 0.05) is 12.5 Å². The van der Waals surface area contributed by atoms with Crippen molar-refractivity contribution in [3.05, 3.63) is 11.6 Å². The molecule has 10 atom stereocenters. The summed E-state index contributed by atoms with van der Waals surface area (Å²) in [4.78, 5) is 26.0. The van der Waals surface area contributed by atoms with E-state index in [-0.39, 0.29) is 34.0 Å². The van der Waals surface area contributed by atoms with Gasteiger partial charge in [-0.25, -0.2) is 0 Å². The van der Waals surface area contributed by atoms with E-state index in [1.807, 2.05) is 0 Å². The Morgan fingerprint density at radius 3 is 2.44 bits per heavy atom. The van der Waals surface area contributed by atoms with Gasteiger partial charge < -0.3 is 9.84 Å². The summed E-state index contributed by atoms with van der Waals surface area (Å²) in [7, 11) is 0. The largest absolute Gasteiger partial charge is 0.481 e. The second-order valence-corrected chi connectivity index (χ2v) is 13.6. The predicted octanol–water partition coefficient (Wildman–Crippen LogP) is 6.68. The standard InChI is InChI=1S/C30H46O4/c1-6-15-34-25-10-14-29(4)21(18(25)2)9-13-30(5)22-8-12-28(3)11-7-19(27(32)33)16-23(28)20(22)17-24(31)26(29)30/h17-19,21-23,25-26H,6-16H2,1-5H3,(H,32,33). The topological polar surface area (TPSA) is 63.6 Å². The molecule has 5 aliphatic carbocycles. The number of carboxylic acid groups (broad SMARTS) is 1. The second kappa shape index (κ2) is 8.46. The van der Waals surface area contributed by atoms with Crippen LogP contribution in [-0.2, 0) is 14.3 Å². The number of allylic oxidation sites excluding steroid dienone is 2. The molecule has 4 nitrogen and oxygen atoms in total. The van der Waals surface area contributed by atoms with Crippen LogP contribution in [0.2, 0.25) is 0 Å². The number of hydrogen-bond donors (Lipinski definition) is 1. The number of carbonyl (C=O) groups is 2. The van der Waals surface area contributed by atoms with Gasteiger partial charge in [0.25, 0.3) is 0 Å². The van der Waals surface area contributed by atoms with Gasteiger partial charge in [-0.15, -0.1) is 0 Å². The highest BCUT2D eigenvalue weighted by atomic mass is 16.5. The third-order valence-electron chi connectivity index (χ3n) is 11.9. The Bertz CT molecular complexity index is 877. The number of carboxylic acids is 1. The van der Waals surface area contributed by atoms with Gasteiger partial charge in [0.05, 0.1) is 12.0 Å². The highest BCUT2D eigenvalue weighted by Crippen LogP contribution is 2.69. The Morgan fingerprint density at radius 1 is 1.03 bits per heavy atom. The van der Waals surface area contributed by atoms with Gasteiger partial charge in [-0.1, -0.05) is 40.2 Å². The minimum Gasteiger partial charge on any atom is -0.481 e. The number of rotatable bonds is 4. The summed E-state index contributed by atoms with van der Waals surface area (Å²) in [6.45, 7) is 12.6. The molecule has 5 rings (SSSR count). The Labute approximate surface area is 206 Å². The minimum atomic E-state index is -0.653. The molecule has 4 heteroatoms. The molecule has 0 amide bonds. The summed E-state index contributed by atoms with van der Waals surface area (Å²) in [6, 6.07) is 0. The SMILES string of the molecule is CCCOC1CCC2(C)C(CCC3(C)C4CCC5(C)CCC(C(=O)O)CC5C4=CC(=O)C32)C1C. The summed E-state index contributed by atoms with van der Waals surface area (Å²) in [5.41, 5.74) is 1.52. The third kappa shape index (κ3) is 3.48. The number of aliphatic carboxylic acids is 1. The molecule has 0 aromatic rings. The summed E-state index contributed by atoms with van der Waals surface area (Å²) in [5, 5.41) is 9.77. The lowest BCUT2D eigenvalue weighted by molar-refractivity contribution is -0.174. The number of hydrogen-bond acceptors (Lipinski definition) is 3. The lowest BCUT2D eigenvalue weighted by Gasteiger charge is -2.65. The van der Waals surface area contributed by atoms with Crippen molar-refractivity contribution in [3.8, 4) is 0 Å². The second-order valence-electron chi connectivity index (χ2n) is 13.6. The molecule has 4 fully saturated rings. The van der Waals surface area contributed by atoms with Gasteiger partial charge in [0.15, 0.2) is 5.78 Å². The number of ether oxygens (including phenoxy) is 1. The molecule has 0 radical (unpaired) electrons. The van der Waals surface area contributed by atoms with Crippen LogP contribution >= 0.6 is 0 Å². The van der Waals surface area contributed by atoms with E-state index in [0.717, 1.165) is 58.0 Å². The molecule has 1 N–H and O–H groups in total. The van der Waals surface area contributed by atoms with Gasteiger partial charge in [0.1, 0.15) is 0 Å². The molecule has 0 saturated heterocycles. The normalized spacial score (nSPS) is 50.3. The zero-order chi connectivity index (χ0) is 24.5. The van der Waals surface area contributed by atoms with Gasteiger partial charge in [-0.05, 0) is 110 Å². The maximum Gasteiger partial charge on any atom is 0.306 e. The van der Waals surface area contributed by atoms with E-state index in [9.17, 15) is 14.7 Å². The lowest BCUT2D eigenvalue weighted by Crippen LogP contribution is -2.62. The first kappa shape index (κ1) is 24.5. The zero-order valence-electron chi connectivity index (χ0n) is 22.1. The highest BCUT2D eigenvalue weighted by Gasteiger charge is 2.65. The quantitative estimate of drug-likeness (QED) is 0.498. The van der Waals surface area contributed by atoms with Crippen molar-refractivity contribution in [2.75, 3.05) is 6.61 Å². The van der Waals surface area contributed by atoms with Crippen molar-refractivity contribution in [2.45, 2.75) is 105 Å². The number of carbonyl (C=O) groups excluding carboxylic acids is 1. The molecule has 0 spiro atoms. The van der Waals surface area contributed by atoms with Crippen LogP contribution in [0.3, 0.4) is 0 Å². The Hall–Kier alpha value is -1.16. The van der Waals surface area contributed by atoms with Crippen LogP contribution in [0.25, 0.3) is 0 Å². The van der Waals surface area contributed by atoms with Gasteiger partial charge in [0.2, 0.25) is 0 Å². The summed E-state index contributed by atoms with van der Waals surface area (Å²) in [5.74, 6) is 1.25. The van der Waals surface area contributed by atoms with Crippen LogP contribution < -0.4 is 0 Å². The van der Waals surface area contributed by atoms with Crippen molar-refractivity contribution in [3.63, 3.8) is 0 Å². The zero-order valence-corrected chi connectivity index (χ0v) is 22.1. The van der Waals surface area contributed by atoms with Crippen molar-refractivity contribution in [2.24, 2.45) is 51.8 Å². The third-order valence-corrected chi connectivity index (χ3v) is 11.9. The summed E-state index contributed by atoms with van der Waals surface area (Å²) in [6.07, 6.45) is 12.7. The van der Waals surface area contributed by atoms with E-state index in [2.05, 4.69) is 40.7 Å². The van der Waals surface area contributed by atoms with Crippen LogP contribution in [0.15, 0.2) is 11.6 Å². The molecule has 190 valence electrons. The molecule has 0 aromatic carbocycles. The van der Waals surface area contributed by atoms with E-state index in [1.54, 1.807) is 0 Å². The molecule has 10 unspecified atom stereocenters. The molecule has 0 aliphatic heterocycles. The van der Waals surface area contributed by atoms with E-state index >= 15 is 0 Å². The first-order valence-electron chi connectivity index (χ1n) is 14.1. The van der Waals surface area contributed by atoms with E-state index in [0.29, 0.717) is 29.6 Å². The molecule has 0 bridgehead atoms. The van der Waals surface area contributed by atoms with Crippen LogP contribution in [0, 0.1) is 51.8 Å². The van der Waals surface area contributed by atoms with Crippen molar-refractivity contribution in [1.82, 2.24) is 0 Å². The molecule has 0 aromatic heterocycles. The van der Waals surface area contributed by atoms with Crippen molar-refractivity contribution >= 4 is 11.8 Å². The predicted molar refractivity (Wildman–Crippen MR) is 133 cm³/mol. The maximum absolute atomic E-state index is 14.1. The van der Waals surface area contributed by atoms with E-state index in [1.165, 1.54) is 18.4 Å². The Morgan fingerprint density at radius 2 is 1.74 bits per heavy atom. The highest BCUT2D eigenvalue weighted by molar-refractivity contribution is 5.95. The van der Waals surface area contributed by atoms with E-state index in [4.69, 9.17) is 4.74 Å². The molecule has 5 aliphatic rings. The monoisotopic (exact) mass is 470 g/mol. The van der Waals surface area contributed by atoms with Crippen molar-refractivity contribution < 1.29 is 19.4 Å². The average Bonchev–Trinajstić information content (AvgIpc) is 2.77. The lowest BCUT2D eigenvalue weighted by atomic mass is 9.38. The number of ketones is 1. The molecule has 0 heterocycles. The molecule has 34 heavy (non-hydrogen) atoms. The van der Waals surface area contributed by atoms with Gasteiger partial charge in [-0.2, -0.15) is 0 Å². The summed E-state index contributed by atoms with van der Waals surface area (Å²) >= 11 is 0. The van der Waals surface area contributed by atoms with Crippen LogP contribution in [0.1, 0.15) is 98.8 Å². The fourth-order valence-electron chi connectivity index (χ4n) is 10.1. The smallest absolute Gasteiger partial charge is 0.306 e. The van der Waals surface area contributed by atoms with Crippen LogP contribution in [0.4, 0.5) is 0 Å². The Balaban J connectivity index is 1.48. The average molecular weight is 471 g/mol. The van der Waals surface area contributed by atoms with Crippen LogP contribution in [-0.4, -0.2) is 29.6 Å². The van der Waals surface area contributed by atoms with E-state index < -0.39 is 5.97 Å². The number of fused-ring (bicyclic) bond motifs is 7. The van der Waals surface area contributed by atoms with Gasteiger partial charge >= 0.3 is 5.97 Å². The fourth-order valence-corrected chi connectivity index (χ4v) is 10.1.